The Morgan fingerprint density at radius 2 is 1.91 bits per heavy atom. The zero-order valence-corrected chi connectivity index (χ0v) is 12.2. The first-order valence-corrected chi connectivity index (χ1v) is 7.21. The first kappa shape index (κ1) is 14.3. The summed E-state index contributed by atoms with van der Waals surface area (Å²) in [6, 6.07) is 12.3. The topological polar surface area (TPSA) is 72.2 Å². The molecule has 2 aromatic rings. The summed E-state index contributed by atoms with van der Waals surface area (Å²) < 4.78 is 0. The van der Waals surface area contributed by atoms with E-state index in [2.05, 4.69) is 5.32 Å². The largest absolute Gasteiger partial charge is 0.388 e. The normalized spacial score (nSPS) is 13.7. The minimum atomic E-state index is -0.425. The van der Waals surface area contributed by atoms with Gasteiger partial charge in [0.1, 0.15) is 0 Å². The SMILES string of the molecule is CNc1cc(-c2ccccc2)c([N+](=O)[O-])cc1C(=O)C1CC1. The lowest BCUT2D eigenvalue weighted by molar-refractivity contribution is -0.384. The number of nitrogens with one attached hydrogen (secondary N) is 1. The van der Waals surface area contributed by atoms with Gasteiger partial charge in [-0.3, -0.25) is 14.9 Å². The van der Waals surface area contributed by atoms with Crippen molar-refractivity contribution in [1.82, 2.24) is 0 Å². The van der Waals surface area contributed by atoms with E-state index >= 15 is 0 Å². The molecule has 3 rings (SSSR count). The number of benzene rings is 2. The van der Waals surface area contributed by atoms with E-state index in [0.29, 0.717) is 16.8 Å². The van der Waals surface area contributed by atoms with E-state index in [1.807, 2.05) is 30.3 Å². The van der Waals surface area contributed by atoms with Gasteiger partial charge < -0.3 is 5.32 Å². The monoisotopic (exact) mass is 296 g/mol. The summed E-state index contributed by atoms with van der Waals surface area (Å²) in [6.45, 7) is 0. The highest BCUT2D eigenvalue weighted by Crippen LogP contribution is 2.39. The van der Waals surface area contributed by atoms with Crippen molar-refractivity contribution in [2.75, 3.05) is 12.4 Å². The highest BCUT2D eigenvalue weighted by Gasteiger charge is 2.33. The minimum absolute atomic E-state index is 0.00735. The lowest BCUT2D eigenvalue weighted by Gasteiger charge is -2.11. The number of anilines is 1. The third-order valence-electron chi connectivity index (χ3n) is 3.90. The van der Waals surface area contributed by atoms with Crippen LogP contribution in [0.4, 0.5) is 11.4 Å². The van der Waals surface area contributed by atoms with Crippen LogP contribution in [0.5, 0.6) is 0 Å². The first-order chi connectivity index (χ1) is 10.6. The van der Waals surface area contributed by atoms with Crippen LogP contribution < -0.4 is 5.32 Å². The maximum absolute atomic E-state index is 12.3. The number of nitrogens with zero attached hydrogens (tertiary/aromatic N) is 1. The van der Waals surface area contributed by atoms with Crippen molar-refractivity contribution in [3.05, 3.63) is 58.1 Å². The molecule has 1 N–H and O–H groups in total. The number of carbonyl (C=O) groups excluding carboxylic acids is 1. The second-order valence-electron chi connectivity index (χ2n) is 5.43. The van der Waals surface area contributed by atoms with Gasteiger partial charge in [-0.2, -0.15) is 0 Å². The second kappa shape index (κ2) is 5.60. The Kier molecular flexibility index (Phi) is 3.63. The van der Waals surface area contributed by atoms with E-state index in [0.717, 1.165) is 18.4 Å². The molecule has 0 atom stereocenters. The highest BCUT2D eigenvalue weighted by molar-refractivity contribution is 6.05. The first-order valence-electron chi connectivity index (χ1n) is 7.21. The number of hydrogen-bond acceptors (Lipinski definition) is 4. The predicted molar refractivity (Wildman–Crippen MR) is 85.1 cm³/mol. The summed E-state index contributed by atoms with van der Waals surface area (Å²) >= 11 is 0. The van der Waals surface area contributed by atoms with Crippen LogP contribution in [-0.2, 0) is 0 Å². The molecule has 0 aromatic heterocycles. The fourth-order valence-electron chi connectivity index (χ4n) is 2.56. The Bertz CT molecular complexity index is 737. The zero-order valence-electron chi connectivity index (χ0n) is 12.2. The lowest BCUT2D eigenvalue weighted by atomic mass is 9.97. The smallest absolute Gasteiger partial charge is 0.278 e. The van der Waals surface area contributed by atoms with E-state index in [9.17, 15) is 14.9 Å². The Balaban J connectivity index is 2.18. The van der Waals surface area contributed by atoms with E-state index in [1.165, 1.54) is 6.07 Å². The minimum Gasteiger partial charge on any atom is -0.388 e. The molecule has 1 saturated carbocycles. The molecule has 0 heterocycles. The molecule has 5 heteroatoms. The maximum atomic E-state index is 12.3. The predicted octanol–water partition coefficient (Wildman–Crippen LogP) is 3.90. The average molecular weight is 296 g/mol. The van der Waals surface area contributed by atoms with Crippen LogP contribution in [0.15, 0.2) is 42.5 Å². The van der Waals surface area contributed by atoms with Gasteiger partial charge >= 0.3 is 0 Å². The van der Waals surface area contributed by atoms with Gasteiger partial charge in [-0.15, -0.1) is 0 Å². The summed E-state index contributed by atoms with van der Waals surface area (Å²) in [5.74, 6) is 0.0151. The molecular formula is C17H16N2O3. The Morgan fingerprint density at radius 3 is 2.45 bits per heavy atom. The van der Waals surface area contributed by atoms with E-state index in [4.69, 9.17) is 0 Å². The molecule has 1 aliphatic rings. The molecule has 1 aliphatic carbocycles. The fourth-order valence-corrected chi connectivity index (χ4v) is 2.56. The van der Waals surface area contributed by atoms with Gasteiger partial charge in [-0.1, -0.05) is 30.3 Å². The van der Waals surface area contributed by atoms with Gasteiger partial charge in [-0.25, -0.2) is 0 Å². The Morgan fingerprint density at radius 1 is 1.23 bits per heavy atom. The molecule has 1 fully saturated rings. The summed E-state index contributed by atoms with van der Waals surface area (Å²) in [6.07, 6.45) is 1.74. The number of carbonyl (C=O) groups is 1. The quantitative estimate of drug-likeness (QED) is 0.516. The van der Waals surface area contributed by atoms with Gasteiger partial charge in [-0.05, 0) is 24.5 Å². The van der Waals surface area contributed by atoms with Crippen LogP contribution in [0, 0.1) is 16.0 Å². The average Bonchev–Trinajstić information content (AvgIpc) is 3.38. The molecule has 0 spiro atoms. The number of ketones is 1. The molecule has 0 bridgehead atoms. The summed E-state index contributed by atoms with van der Waals surface area (Å²) in [4.78, 5) is 23.4. The van der Waals surface area contributed by atoms with E-state index in [-0.39, 0.29) is 17.4 Å². The number of nitro groups is 1. The van der Waals surface area contributed by atoms with Gasteiger partial charge in [0.05, 0.1) is 10.5 Å². The van der Waals surface area contributed by atoms with Crippen LogP contribution in [0.1, 0.15) is 23.2 Å². The van der Waals surface area contributed by atoms with Gasteiger partial charge in [0.15, 0.2) is 5.78 Å². The molecule has 22 heavy (non-hydrogen) atoms. The van der Waals surface area contributed by atoms with Crippen molar-refractivity contribution in [3.63, 3.8) is 0 Å². The summed E-state index contributed by atoms with van der Waals surface area (Å²) in [5, 5.41) is 14.4. The molecule has 0 aliphatic heterocycles. The van der Waals surface area contributed by atoms with Crippen molar-refractivity contribution >= 4 is 17.2 Å². The Labute approximate surface area is 128 Å². The fraction of sp³-hybridized carbons (Fsp3) is 0.235. The standard InChI is InChI=1S/C17H16N2O3/c1-18-15-9-13(11-5-3-2-4-6-11)16(19(21)22)10-14(15)17(20)12-7-8-12/h2-6,9-10,12,18H,7-8H2,1H3. The highest BCUT2D eigenvalue weighted by atomic mass is 16.6. The molecule has 0 amide bonds. The third-order valence-corrected chi connectivity index (χ3v) is 3.90. The number of nitro benzene ring substituents is 1. The van der Waals surface area contributed by atoms with Crippen LogP contribution in [0.25, 0.3) is 11.1 Å². The summed E-state index contributed by atoms with van der Waals surface area (Å²) in [7, 11) is 1.72. The van der Waals surface area contributed by atoms with E-state index < -0.39 is 4.92 Å². The maximum Gasteiger partial charge on any atom is 0.278 e. The molecule has 112 valence electrons. The van der Waals surface area contributed by atoms with Crippen LogP contribution in [0.3, 0.4) is 0 Å². The number of Topliss-reactive ketones (excluding diaryl/α,β-unsaturated/α-hetero) is 1. The van der Waals surface area contributed by atoms with Crippen LogP contribution in [0.2, 0.25) is 0 Å². The second-order valence-corrected chi connectivity index (χ2v) is 5.43. The van der Waals surface area contributed by atoms with E-state index in [1.54, 1.807) is 13.1 Å². The molecule has 2 aromatic carbocycles. The van der Waals surface area contributed by atoms with Crippen LogP contribution >= 0.6 is 0 Å². The van der Waals surface area contributed by atoms with Crippen molar-refractivity contribution in [3.8, 4) is 11.1 Å². The molecule has 5 nitrogen and oxygen atoms in total. The van der Waals surface area contributed by atoms with Gasteiger partial charge in [0, 0.05) is 30.3 Å². The number of hydrogen-bond donors (Lipinski definition) is 1. The van der Waals surface area contributed by atoms with Crippen molar-refractivity contribution in [2.24, 2.45) is 5.92 Å². The lowest BCUT2D eigenvalue weighted by Crippen LogP contribution is -2.07. The van der Waals surface area contributed by atoms with Crippen LogP contribution in [-0.4, -0.2) is 17.8 Å². The number of rotatable bonds is 5. The molecule has 0 unspecified atom stereocenters. The molecule has 0 radical (unpaired) electrons. The van der Waals surface area contributed by atoms with Crippen molar-refractivity contribution < 1.29 is 9.72 Å². The van der Waals surface area contributed by atoms with Gasteiger partial charge in [0.25, 0.3) is 5.69 Å². The third kappa shape index (κ3) is 2.57. The molecular weight excluding hydrogens is 280 g/mol. The molecule has 0 saturated heterocycles. The van der Waals surface area contributed by atoms with Crippen molar-refractivity contribution in [2.45, 2.75) is 12.8 Å². The zero-order chi connectivity index (χ0) is 15.7. The van der Waals surface area contributed by atoms with Gasteiger partial charge in [0.2, 0.25) is 0 Å². The van der Waals surface area contributed by atoms with Crippen molar-refractivity contribution in [1.29, 1.82) is 0 Å². The summed E-state index contributed by atoms with van der Waals surface area (Å²) in [5.41, 5.74) is 2.30. The Hall–Kier alpha value is -2.69.